The summed E-state index contributed by atoms with van der Waals surface area (Å²) in [7, 11) is 0. The van der Waals surface area contributed by atoms with Crippen molar-refractivity contribution in [2.45, 2.75) is 45.1 Å². The molecule has 3 rings (SSSR count). The summed E-state index contributed by atoms with van der Waals surface area (Å²) in [4.78, 5) is 7.02. The lowest BCUT2D eigenvalue weighted by atomic mass is 9.92. The second-order valence-electron chi connectivity index (χ2n) is 6.16. The molecule has 2 aliphatic rings. The van der Waals surface area contributed by atoms with Gasteiger partial charge in [0.15, 0.2) is 0 Å². The largest absolute Gasteiger partial charge is 0.354 e. The molecule has 0 amide bonds. The van der Waals surface area contributed by atoms with Crippen LogP contribution in [0.2, 0.25) is 0 Å². The molecule has 106 valence electrons. The normalized spacial score (nSPS) is 25.9. The fourth-order valence-corrected chi connectivity index (χ4v) is 3.24. The van der Waals surface area contributed by atoms with E-state index in [2.05, 4.69) is 24.0 Å². The molecule has 0 spiro atoms. The van der Waals surface area contributed by atoms with E-state index >= 15 is 0 Å². The Morgan fingerprint density at radius 1 is 1.40 bits per heavy atom. The Morgan fingerprint density at radius 3 is 2.95 bits per heavy atom. The molecular weight excluding hydrogens is 248 g/mol. The third kappa shape index (κ3) is 2.38. The summed E-state index contributed by atoms with van der Waals surface area (Å²) >= 11 is 0. The Balaban J connectivity index is 1.94. The average molecular weight is 270 g/mol. The predicted octanol–water partition coefficient (Wildman–Crippen LogP) is 2.01. The number of nitriles is 1. The van der Waals surface area contributed by atoms with Crippen molar-refractivity contribution in [1.82, 2.24) is 4.98 Å². The first-order valence-electron chi connectivity index (χ1n) is 7.62. The van der Waals surface area contributed by atoms with Gasteiger partial charge in [0.05, 0.1) is 5.56 Å². The number of aromatic nitrogens is 1. The van der Waals surface area contributed by atoms with Gasteiger partial charge in [-0.1, -0.05) is 6.92 Å². The van der Waals surface area contributed by atoms with Gasteiger partial charge in [0.1, 0.15) is 11.9 Å². The highest BCUT2D eigenvalue weighted by Gasteiger charge is 2.26. The Hall–Kier alpha value is -1.60. The lowest BCUT2D eigenvalue weighted by Crippen LogP contribution is -2.48. The number of rotatable bonds is 1. The molecular formula is C16H22N4. The number of hydrogen-bond donors (Lipinski definition) is 1. The van der Waals surface area contributed by atoms with Gasteiger partial charge in [-0.3, -0.25) is 0 Å². The average Bonchev–Trinajstić information content (AvgIpc) is 2.48. The van der Waals surface area contributed by atoms with Crippen molar-refractivity contribution in [3.05, 3.63) is 22.9 Å². The number of hydrogen-bond acceptors (Lipinski definition) is 4. The number of anilines is 1. The van der Waals surface area contributed by atoms with Gasteiger partial charge in [0.2, 0.25) is 0 Å². The predicted molar refractivity (Wildman–Crippen MR) is 79.6 cm³/mol. The Bertz CT molecular complexity index is 546. The van der Waals surface area contributed by atoms with Gasteiger partial charge in [-0.2, -0.15) is 5.26 Å². The first kappa shape index (κ1) is 13.4. The molecule has 2 unspecified atom stereocenters. The summed E-state index contributed by atoms with van der Waals surface area (Å²) in [5.41, 5.74) is 9.36. The number of pyridine rings is 1. The lowest BCUT2D eigenvalue weighted by Gasteiger charge is -2.36. The first-order chi connectivity index (χ1) is 9.69. The number of aryl methyl sites for hydroxylation is 2. The van der Waals surface area contributed by atoms with Crippen LogP contribution in [0.3, 0.4) is 0 Å². The van der Waals surface area contributed by atoms with E-state index in [1.807, 2.05) is 0 Å². The molecule has 2 N–H and O–H groups in total. The van der Waals surface area contributed by atoms with Gasteiger partial charge < -0.3 is 10.6 Å². The topological polar surface area (TPSA) is 65.9 Å². The minimum atomic E-state index is 0.174. The molecule has 4 nitrogen and oxygen atoms in total. The van der Waals surface area contributed by atoms with Crippen molar-refractivity contribution in [1.29, 1.82) is 5.26 Å². The van der Waals surface area contributed by atoms with Crippen LogP contribution in [-0.4, -0.2) is 24.1 Å². The molecule has 20 heavy (non-hydrogen) atoms. The third-order valence-corrected chi connectivity index (χ3v) is 4.72. The lowest BCUT2D eigenvalue weighted by molar-refractivity contribution is 0.377. The van der Waals surface area contributed by atoms with E-state index in [4.69, 9.17) is 10.7 Å². The second-order valence-corrected chi connectivity index (χ2v) is 6.16. The van der Waals surface area contributed by atoms with Crippen LogP contribution in [0, 0.1) is 17.2 Å². The SMILES string of the molecule is CC1CCN(c2nc3c(cc2C#N)CCCC3)CC1N. The van der Waals surface area contributed by atoms with Crippen LogP contribution in [-0.2, 0) is 12.8 Å². The van der Waals surface area contributed by atoms with E-state index in [-0.39, 0.29) is 6.04 Å². The van der Waals surface area contributed by atoms with Crippen molar-refractivity contribution in [2.24, 2.45) is 11.7 Å². The maximum absolute atomic E-state index is 9.42. The molecule has 1 aliphatic carbocycles. The van der Waals surface area contributed by atoms with E-state index in [9.17, 15) is 5.26 Å². The summed E-state index contributed by atoms with van der Waals surface area (Å²) in [5.74, 6) is 1.41. The number of nitrogens with two attached hydrogens (primary N) is 1. The second kappa shape index (κ2) is 5.41. The number of nitrogens with zero attached hydrogens (tertiary/aromatic N) is 3. The van der Waals surface area contributed by atoms with Gasteiger partial charge in [0, 0.05) is 24.8 Å². The quantitative estimate of drug-likeness (QED) is 0.847. The first-order valence-corrected chi connectivity index (χ1v) is 7.62. The zero-order valence-electron chi connectivity index (χ0n) is 12.1. The van der Waals surface area contributed by atoms with Crippen LogP contribution in [0.5, 0.6) is 0 Å². The molecule has 0 bridgehead atoms. The van der Waals surface area contributed by atoms with Crippen molar-refractivity contribution in [3.8, 4) is 6.07 Å². The summed E-state index contributed by atoms with van der Waals surface area (Å²) in [6, 6.07) is 4.55. The monoisotopic (exact) mass is 270 g/mol. The molecule has 1 aromatic rings. The zero-order valence-corrected chi connectivity index (χ0v) is 12.1. The van der Waals surface area contributed by atoms with Crippen molar-refractivity contribution in [3.63, 3.8) is 0 Å². The number of fused-ring (bicyclic) bond motifs is 1. The van der Waals surface area contributed by atoms with E-state index in [0.29, 0.717) is 11.5 Å². The standard InChI is InChI=1S/C16H22N4/c1-11-6-7-20(10-14(11)18)16-13(9-17)8-12-4-2-3-5-15(12)19-16/h8,11,14H,2-7,10,18H2,1H3. The zero-order chi connectivity index (χ0) is 14.1. The Labute approximate surface area is 120 Å². The minimum Gasteiger partial charge on any atom is -0.354 e. The van der Waals surface area contributed by atoms with Crippen molar-refractivity contribution < 1.29 is 0 Å². The number of piperidine rings is 1. The molecule has 2 atom stereocenters. The van der Waals surface area contributed by atoms with Crippen LogP contribution in [0.25, 0.3) is 0 Å². The van der Waals surface area contributed by atoms with E-state index in [1.54, 1.807) is 0 Å². The van der Waals surface area contributed by atoms with Gasteiger partial charge in [0.25, 0.3) is 0 Å². The highest BCUT2D eigenvalue weighted by molar-refractivity contribution is 5.57. The molecule has 4 heteroatoms. The molecule has 2 heterocycles. The molecule has 0 saturated carbocycles. The Morgan fingerprint density at radius 2 is 2.20 bits per heavy atom. The van der Waals surface area contributed by atoms with E-state index < -0.39 is 0 Å². The summed E-state index contributed by atoms with van der Waals surface area (Å²) < 4.78 is 0. The molecule has 1 fully saturated rings. The van der Waals surface area contributed by atoms with Crippen LogP contribution in [0.1, 0.15) is 43.0 Å². The molecule has 1 aromatic heterocycles. The van der Waals surface area contributed by atoms with Crippen LogP contribution in [0.15, 0.2) is 6.07 Å². The smallest absolute Gasteiger partial charge is 0.146 e. The van der Waals surface area contributed by atoms with Gasteiger partial charge in [-0.25, -0.2) is 4.98 Å². The highest BCUT2D eigenvalue weighted by atomic mass is 15.2. The fourth-order valence-electron chi connectivity index (χ4n) is 3.24. The van der Waals surface area contributed by atoms with E-state index in [1.165, 1.54) is 24.1 Å². The van der Waals surface area contributed by atoms with Gasteiger partial charge in [-0.15, -0.1) is 0 Å². The van der Waals surface area contributed by atoms with Crippen molar-refractivity contribution in [2.75, 3.05) is 18.0 Å². The van der Waals surface area contributed by atoms with Crippen LogP contribution >= 0.6 is 0 Å². The highest BCUT2D eigenvalue weighted by Crippen LogP contribution is 2.28. The fraction of sp³-hybridized carbons (Fsp3) is 0.625. The van der Waals surface area contributed by atoms with E-state index in [0.717, 1.165) is 38.2 Å². The molecule has 0 radical (unpaired) electrons. The van der Waals surface area contributed by atoms with Crippen LogP contribution < -0.4 is 10.6 Å². The summed E-state index contributed by atoms with van der Waals surface area (Å²) in [6.07, 6.45) is 5.61. The summed E-state index contributed by atoms with van der Waals surface area (Å²) in [6.45, 7) is 3.96. The van der Waals surface area contributed by atoms with Crippen LogP contribution in [0.4, 0.5) is 5.82 Å². The van der Waals surface area contributed by atoms with Crippen molar-refractivity contribution >= 4 is 5.82 Å². The third-order valence-electron chi connectivity index (χ3n) is 4.72. The van der Waals surface area contributed by atoms with Gasteiger partial charge >= 0.3 is 0 Å². The maximum Gasteiger partial charge on any atom is 0.146 e. The maximum atomic E-state index is 9.42. The molecule has 1 saturated heterocycles. The minimum absolute atomic E-state index is 0.174. The molecule has 0 aromatic carbocycles. The Kier molecular flexibility index (Phi) is 3.62. The van der Waals surface area contributed by atoms with Gasteiger partial charge in [-0.05, 0) is 49.7 Å². The summed E-state index contributed by atoms with van der Waals surface area (Å²) in [5, 5.41) is 9.42. The molecule has 1 aliphatic heterocycles.